The van der Waals surface area contributed by atoms with E-state index in [1.165, 1.54) is 12.1 Å². The molecule has 0 radical (unpaired) electrons. The molecule has 0 bridgehead atoms. The van der Waals surface area contributed by atoms with Crippen molar-refractivity contribution >= 4 is 11.1 Å². The largest absolute Gasteiger partial charge is 0.416 e. The Morgan fingerprint density at radius 3 is 2.30 bits per heavy atom. The van der Waals surface area contributed by atoms with E-state index in [0.29, 0.717) is 5.56 Å². The van der Waals surface area contributed by atoms with Crippen LogP contribution in [-0.2, 0) is 6.18 Å². The van der Waals surface area contributed by atoms with Crippen molar-refractivity contribution in [2.45, 2.75) is 6.18 Å². The Hall–Kier alpha value is -2.49. The molecule has 0 unspecified atom stereocenters. The van der Waals surface area contributed by atoms with E-state index in [9.17, 15) is 13.2 Å². The van der Waals surface area contributed by atoms with Gasteiger partial charge in [0.05, 0.1) is 5.56 Å². The molecule has 2 aromatic carbocycles. The lowest BCUT2D eigenvalue weighted by Crippen LogP contribution is -2.18. The maximum Gasteiger partial charge on any atom is 0.416 e. The molecule has 4 heteroatoms. The lowest BCUT2D eigenvalue weighted by molar-refractivity contribution is -0.137. The SMILES string of the molecule is CN1C=C(c2cccc(C(F)(F)F)c2)C=C(c2ccccc2)C1. The normalized spacial score (nSPS) is 15.2. The summed E-state index contributed by atoms with van der Waals surface area (Å²) in [6, 6.07) is 15.3. The van der Waals surface area contributed by atoms with Gasteiger partial charge in [-0.3, -0.25) is 0 Å². The number of likely N-dealkylation sites (N-methyl/N-ethyl adjacent to an activating group) is 1. The summed E-state index contributed by atoms with van der Waals surface area (Å²) in [5, 5.41) is 0. The van der Waals surface area contributed by atoms with E-state index in [1.54, 1.807) is 6.07 Å². The molecule has 118 valence electrons. The number of allylic oxidation sites excluding steroid dienone is 2. The van der Waals surface area contributed by atoms with Gasteiger partial charge in [0.15, 0.2) is 0 Å². The second-order valence-corrected chi connectivity index (χ2v) is 5.61. The van der Waals surface area contributed by atoms with Crippen LogP contribution < -0.4 is 0 Å². The zero-order chi connectivity index (χ0) is 16.4. The molecule has 1 aliphatic rings. The highest BCUT2D eigenvalue weighted by atomic mass is 19.4. The number of benzene rings is 2. The maximum absolute atomic E-state index is 12.9. The molecular formula is C19H16F3N. The van der Waals surface area contributed by atoms with Crippen LogP contribution in [0.3, 0.4) is 0 Å². The Bertz CT molecular complexity index is 758. The second-order valence-electron chi connectivity index (χ2n) is 5.61. The van der Waals surface area contributed by atoms with Gasteiger partial charge in [-0.1, -0.05) is 42.5 Å². The quantitative estimate of drug-likeness (QED) is 0.747. The van der Waals surface area contributed by atoms with Gasteiger partial charge in [-0.15, -0.1) is 0 Å². The van der Waals surface area contributed by atoms with Crippen molar-refractivity contribution in [1.82, 2.24) is 4.90 Å². The molecule has 1 nitrogen and oxygen atoms in total. The molecule has 0 saturated carbocycles. The minimum Gasteiger partial charge on any atom is -0.376 e. The van der Waals surface area contributed by atoms with Gasteiger partial charge in [0.1, 0.15) is 0 Å². The number of nitrogens with zero attached hydrogens (tertiary/aromatic N) is 1. The summed E-state index contributed by atoms with van der Waals surface area (Å²) in [6.07, 6.45) is -0.490. The van der Waals surface area contributed by atoms with Crippen LogP contribution in [0.15, 0.2) is 66.9 Å². The lowest BCUT2D eigenvalue weighted by Gasteiger charge is -2.24. The summed E-state index contributed by atoms with van der Waals surface area (Å²) in [4.78, 5) is 1.98. The first-order valence-corrected chi connectivity index (χ1v) is 7.29. The molecule has 1 heterocycles. The highest BCUT2D eigenvalue weighted by Gasteiger charge is 2.30. The molecule has 0 fully saturated rings. The van der Waals surface area contributed by atoms with Crippen LogP contribution in [0, 0.1) is 0 Å². The van der Waals surface area contributed by atoms with Crippen LogP contribution in [0.2, 0.25) is 0 Å². The van der Waals surface area contributed by atoms with Crippen molar-refractivity contribution in [3.8, 4) is 0 Å². The van der Waals surface area contributed by atoms with E-state index in [0.717, 1.165) is 29.3 Å². The predicted octanol–water partition coefficient (Wildman–Crippen LogP) is 5.08. The summed E-state index contributed by atoms with van der Waals surface area (Å²) in [5.41, 5.74) is 2.89. The number of hydrogen-bond donors (Lipinski definition) is 0. The summed E-state index contributed by atoms with van der Waals surface area (Å²) in [6.45, 7) is 0.729. The second kappa shape index (κ2) is 5.95. The van der Waals surface area contributed by atoms with Crippen molar-refractivity contribution in [3.05, 3.63) is 83.6 Å². The number of rotatable bonds is 2. The Labute approximate surface area is 133 Å². The maximum atomic E-state index is 12.9. The van der Waals surface area contributed by atoms with Crippen molar-refractivity contribution in [1.29, 1.82) is 0 Å². The zero-order valence-electron chi connectivity index (χ0n) is 12.6. The third kappa shape index (κ3) is 3.47. The van der Waals surface area contributed by atoms with Crippen LogP contribution in [0.4, 0.5) is 13.2 Å². The van der Waals surface area contributed by atoms with E-state index in [4.69, 9.17) is 0 Å². The van der Waals surface area contributed by atoms with Crippen LogP contribution in [0.1, 0.15) is 16.7 Å². The van der Waals surface area contributed by atoms with Crippen LogP contribution in [0.5, 0.6) is 0 Å². The summed E-state index contributed by atoms with van der Waals surface area (Å²) in [5.74, 6) is 0. The van der Waals surface area contributed by atoms with Gasteiger partial charge in [-0.05, 0) is 40.5 Å². The minimum absolute atomic E-state index is 0.569. The molecule has 0 atom stereocenters. The summed E-state index contributed by atoms with van der Waals surface area (Å²) < 4.78 is 38.7. The Balaban J connectivity index is 2.00. The molecule has 0 saturated heterocycles. The summed E-state index contributed by atoms with van der Waals surface area (Å²) in [7, 11) is 1.92. The Morgan fingerprint density at radius 2 is 1.61 bits per heavy atom. The van der Waals surface area contributed by atoms with Crippen LogP contribution in [0.25, 0.3) is 11.1 Å². The van der Waals surface area contributed by atoms with Gasteiger partial charge >= 0.3 is 6.18 Å². The van der Waals surface area contributed by atoms with E-state index < -0.39 is 11.7 Å². The average Bonchev–Trinajstić information content (AvgIpc) is 2.54. The fraction of sp³-hybridized carbons (Fsp3) is 0.158. The van der Waals surface area contributed by atoms with Gasteiger partial charge < -0.3 is 4.90 Å². The van der Waals surface area contributed by atoms with E-state index in [2.05, 4.69) is 0 Å². The van der Waals surface area contributed by atoms with Gasteiger partial charge in [0, 0.05) is 19.8 Å². The number of alkyl halides is 3. The first-order valence-electron chi connectivity index (χ1n) is 7.29. The van der Waals surface area contributed by atoms with Crippen molar-refractivity contribution in [3.63, 3.8) is 0 Å². The third-order valence-electron chi connectivity index (χ3n) is 3.78. The fourth-order valence-electron chi connectivity index (χ4n) is 2.68. The summed E-state index contributed by atoms with van der Waals surface area (Å²) >= 11 is 0. The van der Waals surface area contributed by atoms with E-state index >= 15 is 0 Å². The molecule has 0 spiro atoms. The number of halogens is 3. The number of hydrogen-bond acceptors (Lipinski definition) is 1. The smallest absolute Gasteiger partial charge is 0.376 e. The first-order chi connectivity index (χ1) is 10.9. The van der Waals surface area contributed by atoms with Gasteiger partial charge in [0.25, 0.3) is 0 Å². The molecule has 0 aliphatic carbocycles. The van der Waals surface area contributed by atoms with Gasteiger partial charge in [-0.25, -0.2) is 0 Å². The van der Waals surface area contributed by atoms with Crippen LogP contribution in [-0.4, -0.2) is 18.5 Å². The molecular weight excluding hydrogens is 299 g/mol. The van der Waals surface area contributed by atoms with Crippen molar-refractivity contribution < 1.29 is 13.2 Å². The molecule has 3 rings (SSSR count). The highest BCUT2D eigenvalue weighted by Crippen LogP contribution is 2.33. The lowest BCUT2D eigenvalue weighted by atomic mass is 9.95. The highest BCUT2D eigenvalue weighted by molar-refractivity contribution is 5.86. The van der Waals surface area contributed by atoms with Crippen LogP contribution >= 0.6 is 0 Å². The Morgan fingerprint density at radius 1 is 0.913 bits per heavy atom. The third-order valence-corrected chi connectivity index (χ3v) is 3.78. The first kappa shape index (κ1) is 15.4. The fourth-order valence-corrected chi connectivity index (χ4v) is 2.68. The van der Waals surface area contributed by atoms with Gasteiger partial charge in [0.2, 0.25) is 0 Å². The monoisotopic (exact) mass is 315 g/mol. The molecule has 0 aromatic heterocycles. The molecule has 0 N–H and O–H groups in total. The van der Waals surface area contributed by atoms with Gasteiger partial charge in [-0.2, -0.15) is 13.2 Å². The van der Waals surface area contributed by atoms with E-state index in [1.807, 2.05) is 54.6 Å². The molecule has 23 heavy (non-hydrogen) atoms. The standard InChI is InChI=1S/C19H16F3N/c1-23-12-16(14-6-3-2-4-7-14)10-17(13-23)15-8-5-9-18(11-15)19(20,21)22/h2-11,13H,12H2,1H3. The topological polar surface area (TPSA) is 3.24 Å². The van der Waals surface area contributed by atoms with Crippen molar-refractivity contribution in [2.75, 3.05) is 13.6 Å². The molecule has 2 aromatic rings. The molecule has 0 amide bonds. The molecule has 1 aliphatic heterocycles. The van der Waals surface area contributed by atoms with Crippen molar-refractivity contribution in [2.24, 2.45) is 0 Å². The average molecular weight is 315 g/mol. The predicted molar refractivity (Wildman–Crippen MR) is 86.5 cm³/mol. The Kier molecular flexibility index (Phi) is 3.99. The minimum atomic E-state index is -4.33. The zero-order valence-corrected chi connectivity index (χ0v) is 12.6. The van der Waals surface area contributed by atoms with E-state index in [-0.39, 0.29) is 0 Å².